The van der Waals surface area contributed by atoms with Crippen molar-refractivity contribution in [2.75, 3.05) is 6.54 Å². The van der Waals surface area contributed by atoms with Crippen LogP contribution in [0.25, 0.3) is 10.4 Å². The summed E-state index contributed by atoms with van der Waals surface area (Å²) in [6.45, 7) is 6.02. The SMILES string of the molecule is Cc1ncsc1-c1ccc(CNC(=O)[C@@H]2C[C@@H](O)CN2C(=O)[C@H](C(C)C)N2Cc3cc(F)ccc3C2=O)cc1. The number of nitrogens with zero attached hydrogens (tertiary/aromatic N) is 3. The van der Waals surface area contributed by atoms with Crippen molar-refractivity contribution in [3.8, 4) is 10.4 Å². The highest BCUT2D eigenvalue weighted by Gasteiger charge is 2.45. The van der Waals surface area contributed by atoms with Gasteiger partial charge in [-0.2, -0.15) is 0 Å². The molecule has 5 rings (SSSR count). The second kappa shape index (κ2) is 10.9. The Morgan fingerprint density at radius 1 is 1.21 bits per heavy atom. The summed E-state index contributed by atoms with van der Waals surface area (Å²) in [5, 5.41) is 13.3. The Balaban J connectivity index is 1.28. The van der Waals surface area contributed by atoms with E-state index in [4.69, 9.17) is 0 Å². The summed E-state index contributed by atoms with van der Waals surface area (Å²) in [4.78, 5) is 48.4. The molecule has 2 aliphatic heterocycles. The Morgan fingerprint density at radius 3 is 2.62 bits per heavy atom. The number of aliphatic hydroxyl groups excluding tert-OH is 1. The molecule has 2 aliphatic rings. The van der Waals surface area contributed by atoms with Gasteiger partial charge in [0.1, 0.15) is 17.9 Å². The summed E-state index contributed by atoms with van der Waals surface area (Å²) in [5.41, 5.74) is 5.65. The second-order valence-electron chi connectivity index (χ2n) is 10.5. The number of carbonyl (C=O) groups is 3. The van der Waals surface area contributed by atoms with E-state index < -0.39 is 29.9 Å². The number of nitrogens with one attached hydrogen (secondary N) is 1. The number of β-amino-alcohol motifs (C(OH)–C–C–N with tert-alkyl or cyclic N) is 1. The fourth-order valence-electron chi connectivity index (χ4n) is 5.45. The van der Waals surface area contributed by atoms with Crippen molar-refractivity contribution in [2.24, 2.45) is 5.92 Å². The van der Waals surface area contributed by atoms with Crippen LogP contribution in [0.5, 0.6) is 0 Å². The molecule has 39 heavy (non-hydrogen) atoms. The van der Waals surface area contributed by atoms with E-state index in [9.17, 15) is 23.9 Å². The lowest BCUT2D eigenvalue weighted by atomic mass is 10.0. The number of aromatic nitrogens is 1. The average Bonchev–Trinajstić information content (AvgIpc) is 3.59. The summed E-state index contributed by atoms with van der Waals surface area (Å²) in [6, 6.07) is 10.1. The quantitative estimate of drug-likeness (QED) is 0.469. The lowest BCUT2D eigenvalue weighted by Gasteiger charge is -2.35. The number of rotatable bonds is 7. The van der Waals surface area contributed by atoms with Crippen LogP contribution in [0.4, 0.5) is 4.39 Å². The zero-order valence-electron chi connectivity index (χ0n) is 22.1. The maximum atomic E-state index is 13.8. The summed E-state index contributed by atoms with van der Waals surface area (Å²) in [5.74, 6) is -1.79. The average molecular weight is 551 g/mol. The van der Waals surface area contributed by atoms with Gasteiger partial charge >= 0.3 is 0 Å². The first-order valence-electron chi connectivity index (χ1n) is 13.0. The van der Waals surface area contributed by atoms with Gasteiger partial charge in [0.05, 0.1) is 22.2 Å². The van der Waals surface area contributed by atoms with Crippen LogP contribution in [-0.2, 0) is 22.7 Å². The number of hydrogen-bond donors (Lipinski definition) is 2. The Morgan fingerprint density at radius 2 is 1.95 bits per heavy atom. The Labute approximate surface area is 230 Å². The molecule has 0 radical (unpaired) electrons. The molecule has 0 unspecified atom stereocenters. The molecule has 1 saturated heterocycles. The van der Waals surface area contributed by atoms with Crippen LogP contribution in [0.3, 0.4) is 0 Å². The van der Waals surface area contributed by atoms with E-state index in [0.29, 0.717) is 11.1 Å². The van der Waals surface area contributed by atoms with Crippen LogP contribution >= 0.6 is 11.3 Å². The van der Waals surface area contributed by atoms with Gasteiger partial charge in [0, 0.05) is 31.6 Å². The zero-order valence-corrected chi connectivity index (χ0v) is 22.9. The van der Waals surface area contributed by atoms with Crippen LogP contribution in [-0.4, -0.2) is 62.3 Å². The van der Waals surface area contributed by atoms with Crippen molar-refractivity contribution in [2.45, 2.75) is 58.5 Å². The van der Waals surface area contributed by atoms with E-state index in [1.165, 1.54) is 28.0 Å². The van der Waals surface area contributed by atoms with Gasteiger partial charge in [-0.3, -0.25) is 14.4 Å². The standard InChI is InChI=1S/C29H31FN4O4S/c1-16(2)25(34-13-20-10-21(30)8-9-23(20)28(34)37)29(38)33-14-22(35)11-24(33)27(36)31-12-18-4-6-19(7-5-18)26-17(3)32-15-39-26/h4-10,15-16,22,24-25,35H,11-14H2,1-3H3,(H,31,36)/t22-,24+,25+/m1/s1. The predicted molar refractivity (Wildman–Crippen MR) is 145 cm³/mol. The maximum Gasteiger partial charge on any atom is 0.255 e. The number of halogens is 1. The van der Waals surface area contributed by atoms with E-state index in [0.717, 1.165) is 21.7 Å². The van der Waals surface area contributed by atoms with Crippen molar-refractivity contribution in [3.05, 3.63) is 76.2 Å². The third kappa shape index (κ3) is 5.31. The zero-order chi connectivity index (χ0) is 27.8. The Hall–Kier alpha value is -3.63. The highest BCUT2D eigenvalue weighted by Crippen LogP contribution is 2.31. The minimum atomic E-state index is -0.856. The number of aliphatic hydroxyl groups is 1. The summed E-state index contributed by atoms with van der Waals surface area (Å²) in [7, 11) is 0. The number of thiazole rings is 1. The lowest BCUT2D eigenvalue weighted by molar-refractivity contribution is -0.143. The monoisotopic (exact) mass is 550 g/mol. The molecule has 3 aromatic rings. The third-order valence-corrected chi connectivity index (χ3v) is 8.39. The van der Waals surface area contributed by atoms with Gasteiger partial charge in [-0.05, 0) is 47.7 Å². The molecule has 0 spiro atoms. The molecule has 1 fully saturated rings. The Kier molecular flexibility index (Phi) is 7.51. The van der Waals surface area contributed by atoms with Gasteiger partial charge in [0.2, 0.25) is 11.8 Å². The van der Waals surface area contributed by atoms with Crippen molar-refractivity contribution >= 4 is 29.1 Å². The molecule has 2 aromatic carbocycles. The smallest absolute Gasteiger partial charge is 0.255 e. The van der Waals surface area contributed by atoms with E-state index in [-0.39, 0.29) is 43.8 Å². The highest BCUT2D eigenvalue weighted by molar-refractivity contribution is 7.13. The molecule has 2 N–H and O–H groups in total. The van der Waals surface area contributed by atoms with Crippen molar-refractivity contribution < 1.29 is 23.9 Å². The number of hydrogen-bond acceptors (Lipinski definition) is 6. The molecule has 8 nitrogen and oxygen atoms in total. The van der Waals surface area contributed by atoms with Crippen molar-refractivity contribution in [3.63, 3.8) is 0 Å². The number of amides is 3. The summed E-state index contributed by atoms with van der Waals surface area (Å²) in [6.07, 6.45) is -0.731. The molecule has 0 saturated carbocycles. The summed E-state index contributed by atoms with van der Waals surface area (Å²) >= 11 is 1.57. The topological polar surface area (TPSA) is 103 Å². The van der Waals surface area contributed by atoms with Crippen molar-refractivity contribution in [1.29, 1.82) is 0 Å². The first-order valence-corrected chi connectivity index (χ1v) is 13.9. The molecule has 3 amide bonds. The Bertz CT molecular complexity index is 1410. The minimum absolute atomic E-state index is 0.00659. The third-order valence-electron chi connectivity index (χ3n) is 7.41. The first kappa shape index (κ1) is 27.0. The lowest BCUT2D eigenvalue weighted by Crippen LogP contribution is -2.55. The first-order chi connectivity index (χ1) is 18.6. The van der Waals surface area contributed by atoms with E-state index in [2.05, 4.69) is 10.3 Å². The highest BCUT2D eigenvalue weighted by atomic mass is 32.1. The van der Waals surface area contributed by atoms with Gasteiger partial charge < -0.3 is 20.2 Å². The van der Waals surface area contributed by atoms with Gasteiger partial charge in [0.25, 0.3) is 5.91 Å². The molecular formula is C29H31FN4O4S. The van der Waals surface area contributed by atoms with Crippen LogP contribution < -0.4 is 5.32 Å². The molecule has 3 atom stereocenters. The van der Waals surface area contributed by atoms with Gasteiger partial charge in [-0.1, -0.05) is 38.1 Å². The molecule has 0 bridgehead atoms. The van der Waals surface area contributed by atoms with Crippen LogP contribution in [0, 0.1) is 18.7 Å². The largest absolute Gasteiger partial charge is 0.391 e. The number of benzene rings is 2. The molecule has 10 heteroatoms. The molecule has 204 valence electrons. The normalized spacial score (nSPS) is 19.5. The number of likely N-dealkylation sites (tertiary alicyclic amines) is 1. The summed E-state index contributed by atoms with van der Waals surface area (Å²) < 4.78 is 13.8. The second-order valence-corrected chi connectivity index (χ2v) is 11.4. The van der Waals surface area contributed by atoms with Crippen molar-refractivity contribution in [1.82, 2.24) is 20.1 Å². The predicted octanol–water partition coefficient (Wildman–Crippen LogP) is 3.52. The molecular weight excluding hydrogens is 519 g/mol. The van der Waals surface area contributed by atoms with Crippen LogP contribution in [0.1, 0.15) is 47.4 Å². The molecule has 1 aromatic heterocycles. The van der Waals surface area contributed by atoms with E-state index in [1.807, 2.05) is 50.5 Å². The number of carbonyl (C=O) groups excluding carboxylic acids is 3. The van der Waals surface area contributed by atoms with Gasteiger partial charge in [0.15, 0.2) is 0 Å². The maximum absolute atomic E-state index is 13.8. The fraction of sp³-hybridized carbons (Fsp3) is 0.379. The van der Waals surface area contributed by atoms with Crippen LogP contribution in [0.2, 0.25) is 0 Å². The van der Waals surface area contributed by atoms with Gasteiger partial charge in [-0.25, -0.2) is 9.37 Å². The van der Waals surface area contributed by atoms with E-state index in [1.54, 1.807) is 11.3 Å². The minimum Gasteiger partial charge on any atom is -0.391 e. The molecule has 3 heterocycles. The van der Waals surface area contributed by atoms with Gasteiger partial charge in [-0.15, -0.1) is 11.3 Å². The van der Waals surface area contributed by atoms with E-state index >= 15 is 0 Å². The molecule has 0 aliphatic carbocycles. The van der Waals surface area contributed by atoms with Crippen LogP contribution in [0.15, 0.2) is 48.0 Å². The number of fused-ring (bicyclic) bond motifs is 1. The number of aryl methyl sites for hydroxylation is 1. The fourth-order valence-corrected chi connectivity index (χ4v) is 6.26.